The second-order valence-corrected chi connectivity index (χ2v) is 7.50. The zero-order valence-electron chi connectivity index (χ0n) is 16.4. The number of nitrogens with zero attached hydrogens (tertiary/aromatic N) is 1. The van der Waals surface area contributed by atoms with Gasteiger partial charge >= 0.3 is 6.03 Å². The Kier molecular flexibility index (Phi) is 5.51. The van der Waals surface area contributed by atoms with E-state index in [2.05, 4.69) is 10.6 Å². The van der Waals surface area contributed by atoms with Gasteiger partial charge in [0.15, 0.2) is 0 Å². The van der Waals surface area contributed by atoms with E-state index in [1.54, 1.807) is 4.90 Å². The van der Waals surface area contributed by atoms with Crippen LogP contribution in [0, 0.1) is 5.92 Å². The molecule has 6 nitrogen and oxygen atoms in total. The Morgan fingerprint density at radius 1 is 1.10 bits per heavy atom. The lowest BCUT2D eigenvalue weighted by Gasteiger charge is -2.32. The number of para-hydroxylation sites is 2. The number of amides is 3. The second kappa shape index (κ2) is 8.39. The van der Waals surface area contributed by atoms with Crippen LogP contribution >= 0.6 is 0 Å². The Bertz CT molecular complexity index is 966. The number of piperidine rings is 1. The molecular weight excluding hydrogens is 366 g/mol. The molecule has 0 bridgehead atoms. The molecule has 2 heterocycles. The summed E-state index contributed by atoms with van der Waals surface area (Å²) in [4.78, 5) is 27.1. The van der Waals surface area contributed by atoms with E-state index in [-0.39, 0.29) is 23.9 Å². The van der Waals surface area contributed by atoms with E-state index in [1.807, 2.05) is 67.6 Å². The average Bonchev–Trinajstić information content (AvgIpc) is 3.19. The first-order chi connectivity index (χ1) is 14.1. The van der Waals surface area contributed by atoms with E-state index in [0.29, 0.717) is 13.1 Å². The quantitative estimate of drug-likeness (QED) is 0.685. The van der Waals surface area contributed by atoms with Crippen LogP contribution in [0.15, 0.2) is 65.1 Å². The van der Waals surface area contributed by atoms with Gasteiger partial charge in [-0.2, -0.15) is 0 Å². The minimum Gasteiger partial charge on any atom is -0.459 e. The number of hydrogen-bond acceptors (Lipinski definition) is 3. The number of hydrogen-bond donors (Lipinski definition) is 2. The lowest BCUT2D eigenvalue weighted by atomic mass is 9.97. The average molecular weight is 391 g/mol. The third-order valence-corrected chi connectivity index (χ3v) is 5.33. The molecule has 1 aromatic heterocycles. The molecule has 0 aliphatic carbocycles. The lowest BCUT2D eigenvalue weighted by molar-refractivity contribution is -0.127. The first-order valence-corrected chi connectivity index (χ1v) is 10.00. The number of fused-ring (bicyclic) bond motifs is 1. The van der Waals surface area contributed by atoms with Crippen molar-refractivity contribution < 1.29 is 14.0 Å². The Balaban J connectivity index is 1.36. The number of furan rings is 1. The Hall–Kier alpha value is -3.28. The van der Waals surface area contributed by atoms with Crippen molar-refractivity contribution >= 4 is 28.6 Å². The molecule has 0 radical (unpaired) electrons. The van der Waals surface area contributed by atoms with E-state index >= 15 is 0 Å². The van der Waals surface area contributed by atoms with Crippen LogP contribution in [-0.4, -0.2) is 29.9 Å². The number of carbonyl (C=O) groups is 2. The molecule has 2 N–H and O–H groups in total. The molecule has 3 amide bonds. The maximum absolute atomic E-state index is 12.8. The fourth-order valence-corrected chi connectivity index (χ4v) is 3.72. The lowest BCUT2D eigenvalue weighted by Crippen LogP contribution is -2.47. The molecule has 4 rings (SSSR count). The number of benzene rings is 2. The van der Waals surface area contributed by atoms with E-state index in [4.69, 9.17) is 4.42 Å². The summed E-state index contributed by atoms with van der Waals surface area (Å²) in [7, 11) is 0. The molecule has 2 aromatic carbocycles. The zero-order chi connectivity index (χ0) is 20.2. The largest absolute Gasteiger partial charge is 0.459 e. The third-order valence-electron chi connectivity index (χ3n) is 5.33. The summed E-state index contributed by atoms with van der Waals surface area (Å²) in [6.45, 7) is 2.98. The van der Waals surface area contributed by atoms with Gasteiger partial charge in [-0.3, -0.25) is 4.79 Å². The number of nitrogens with one attached hydrogen (secondary N) is 2. The van der Waals surface area contributed by atoms with E-state index in [9.17, 15) is 9.59 Å². The SMILES string of the molecule is C[C@@H](NC(=O)[C@H]1CCCN(C(=O)Nc2ccccc2)C1)c1cc2ccccc2o1. The number of carbonyl (C=O) groups excluding carboxylic acids is 2. The standard InChI is InChI=1S/C23H25N3O3/c1-16(21-14-17-8-5-6-12-20(17)29-21)24-22(27)18-9-7-13-26(15-18)23(28)25-19-10-3-2-4-11-19/h2-6,8,10-12,14,16,18H,7,9,13,15H2,1H3,(H,24,27)(H,25,28)/t16-,18+/m1/s1. The number of anilines is 1. The van der Waals surface area contributed by atoms with Crippen LogP contribution in [0.2, 0.25) is 0 Å². The number of urea groups is 1. The Morgan fingerprint density at radius 3 is 2.66 bits per heavy atom. The summed E-state index contributed by atoms with van der Waals surface area (Å²) in [5.74, 6) is 0.460. The highest BCUT2D eigenvalue weighted by Gasteiger charge is 2.29. The molecule has 1 fully saturated rings. The fourth-order valence-electron chi connectivity index (χ4n) is 3.72. The predicted molar refractivity (Wildman–Crippen MR) is 113 cm³/mol. The molecule has 1 saturated heterocycles. The zero-order valence-corrected chi connectivity index (χ0v) is 16.4. The highest BCUT2D eigenvalue weighted by molar-refractivity contribution is 5.90. The van der Waals surface area contributed by atoms with E-state index in [1.165, 1.54) is 0 Å². The molecule has 1 aliphatic heterocycles. The van der Waals surface area contributed by atoms with Crippen molar-refractivity contribution in [1.29, 1.82) is 0 Å². The minimum absolute atomic E-state index is 0.0461. The molecule has 2 atom stereocenters. The predicted octanol–water partition coefficient (Wildman–Crippen LogP) is 4.55. The monoisotopic (exact) mass is 391 g/mol. The van der Waals surface area contributed by atoms with Crippen molar-refractivity contribution in [2.75, 3.05) is 18.4 Å². The molecule has 6 heteroatoms. The van der Waals surface area contributed by atoms with E-state index < -0.39 is 0 Å². The summed E-state index contributed by atoms with van der Waals surface area (Å²) in [6.07, 6.45) is 1.58. The smallest absolute Gasteiger partial charge is 0.321 e. The molecule has 1 aliphatic rings. The van der Waals surface area contributed by atoms with Gasteiger partial charge in [-0.25, -0.2) is 4.79 Å². The summed E-state index contributed by atoms with van der Waals surface area (Å²) in [6, 6.07) is 18.7. The molecule has 0 saturated carbocycles. The van der Waals surface area contributed by atoms with Crippen molar-refractivity contribution in [2.24, 2.45) is 5.92 Å². The van der Waals surface area contributed by atoms with Gasteiger partial charge in [-0.1, -0.05) is 36.4 Å². The highest BCUT2D eigenvalue weighted by Crippen LogP contribution is 2.25. The Labute approximate surface area is 169 Å². The van der Waals surface area contributed by atoms with Crippen molar-refractivity contribution in [1.82, 2.24) is 10.2 Å². The maximum Gasteiger partial charge on any atom is 0.321 e. The minimum atomic E-state index is -0.233. The number of likely N-dealkylation sites (tertiary alicyclic amines) is 1. The molecule has 150 valence electrons. The van der Waals surface area contributed by atoms with Gasteiger partial charge in [0.2, 0.25) is 5.91 Å². The van der Waals surface area contributed by atoms with Gasteiger partial charge in [0, 0.05) is 24.2 Å². The van der Waals surface area contributed by atoms with Gasteiger partial charge in [0.25, 0.3) is 0 Å². The summed E-state index contributed by atoms with van der Waals surface area (Å²) < 4.78 is 5.85. The summed E-state index contributed by atoms with van der Waals surface area (Å²) in [5.41, 5.74) is 1.56. The first kappa shape index (κ1) is 19.1. The van der Waals surface area contributed by atoms with Gasteiger partial charge in [0.1, 0.15) is 11.3 Å². The van der Waals surface area contributed by atoms with Crippen LogP contribution in [0.5, 0.6) is 0 Å². The van der Waals surface area contributed by atoms with Crippen molar-refractivity contribution in [2.45, 2.75) is 25.8 Å². The number of rotatable bonds is 4. The first-order valence-electron chi connectivity index (χ1n) is 10.00. The molecular formula is C23H25N3O3. The van der Waals surface area contributed by atoms with Crippen molar-refractivity contribution in [3.63, 3.8) is 0 Å². The van der Waals surface area contributed by atoms with Crippen molar-refractivity contribution in [3.8, 4) is 0 Å². The van der Waals surface area contributed by atoms with Crippen molar-refractivity contribution in [3.05, 3.63) is 66.4 Å². The van der Waals surface area contributed by atoms with Gasteiger partial charge in [0.05, 0.1) is 12.0 Å². The normalized spacial score (nSPS) is 17.7. The van der Waals surface area contributed by atoms with Crippen LogP contribution in [-0.2, 0) is 4.79 Å². The topological polar surface area (TPSA) is 74.6 Å². The maximum atomic E-state index is 12.8. The molecule has 0 unspecified atom stereocenters. The van der Waals surface area contributed by atoms with Gasteiger partial charge < -0.3 is 20.0 Å². The van der Waals surface area contributed by atoms with Crippen LogP contribution in [0.4, 0.5) is 10.5 Å². The summed E-state index contributed by atoms with van der Waals surface area (Å²) in [5, 5.41) is 6.96. The van der Waals surface area contributed by atoms with Gasteiger partial charge in [-0.05, 0) is 44.0 Å². The summed E-state index contributed by atoms with van der Waals surface area (Å²) >= 11 is 0. The van der Waals surface area contributed by atoms with Crippen LogP contribution in [0.1, 0.15) is 31.6 Å². The molecule has 0 spiro atoms. The van der Waals surface area contributed by atoms with Crippen LogP contribution in [0.25, 0.3) is 11.0 Å². The molecule has 3 aromatic rings. The van der Waals surface area contributed by atoms with Crippen LogP contribution in [0.3, 0.4) is 0 Å². The second-order valence-electron chi connectivity index (χ2n) is 7.50. The van der Waals surface area contributed by atoms with Crippen LogP contribution < -0.4 is 10.6 Å². The van der Waals surface area contributed by atoms with E-state index in [0.717, 1.165) is 35.3 Å². The fraction of sp³-hybridized carbons (Fsp3) is 0.304. The molecule has 29 heavy (non-hydrogen) atoms. The Morgan fingerprint density at radius 2 is 1.86 bits per heavy atom. The highest BCUT2D eigenvalue weighted by atomic mass is 16.3. The third kappa shape index (κ3) is 4.42. The van der Waals surface area contributed by atoms with Gasteiger partial charge in [-0.15, -0.1) is 0 Å².